The van der Waals surface area contributed by atoms with E-state index in [2.05, 4.69) is 47.5 Å². The molecule has 0 aromatic rings. The van der Waals surface area contributed by atoms with Crippen LogP contribution in [0.25, 0.3) is 0 Å². The van der Waals surface area contributed by atoms with Crippen molar-refractivity contribution in [3.8, 4) is 0 Å². The maximum absolute atomic E-state index is 14.1. The summed E-state index contributed by atoms with van der Waals surface area (Å²) < 4.78 is 0. The van der Waals surface area contributed by atoms with Gasteiger partial charge in [0.2, 0.25) is 53.2 Å². The minimum Gasteiger partial charge on any atom is -0.391 e. The summed E-state index contributed by atoms with van der Waals surface area (Å²) >= 11 is 0. The van der Waals surface area contributed by atoms with Crippen LogP contribution in [0.4, 0.5) is 0 Å². The predicted molar refractivity (Wildman–Crippen MR) is 244 cm³/mol. The Kier molecular flexibility index (Phi) is 25.7. The highest BCUT2D eigenvalue weighted by Crippen LogP contribution is 2.21. The first-order valence-electron chi connectivity index (χ1n) is 22.9. The molecule has 9 amide bonds. The number of nitrogens with one attached hydrogen (secondary N) is 8. The number of carbonyl (C=O) groups is 9. The third kappa shape index (κ3) is 19.2. The fraction of sp³-hybridized carbons (Fsp3) is 0.767. The molecule has 22 heteroatoms. The lowest BCUT2D eigenvalue weighted by Gasteiger charge is -2.32. The van der Waals surface area contributed by atoms with Crippen molar-refractivity contribution >= 4 is 59.1 Å². The van der Waals surface area contributed by atoms with E-state index < -0.39 is 113 Å². The van der Waals surface area contributed by atoms with Gasteiger partial charge in [-0.2, -0.15) is 0 Å². The van der Waals surface area contributed by atoms with Gasteiger partial charge in [0.1, 0.15) is 42.3 Å². The predicted octanol–water partition coefficient (Wildman–Crippen LogP) is -1.86. The number of aliphatic imine (C=N–C) groups is 1. The van der Waals surface area contributed by atoms with Crippen LogP contribution in [0.1, 0.15) is 121 Å². The Labute approximate surface area is 383 Å². The Balaban J connectivity index is 3.34. The van der Waals surface area contributed by atoms with Gasteiger partial charge < -0.3 is 64.0 Å². The number of nitrogens with two attached hydrogens (primary N) is 2. The number of likely N-dealkylation sites (tertiary alicyclic amines) is 1. The van der Waals surface area contributed by atoms with Crippen molar-refractivity contribution in [2.45, 2.75) is 169 Å². The molecule has 1 aliphatic rings. The van der Waals surface area contributed by atoms with Crippen LogP contribution in [0, 0.1) is 17.8 Å². The molecule has 0 aromatic carbocycles. The van der Waals surface area contributed by atoms with E-state index in [-0.39, 0.29) is 37.8 Å². The van der Waals surface area contributed by atoms with Crippen molar-refractivity contribution in [1.29, 1.82) is 0 Å². The number of guanidine groups is 1. The van der Waals surface area contributed by atoms with E-state index in [1.165, 1.54) is 18.7 Å². The molecule has 65 heavy (non-hydrogen) atoms. The number of hydrogen-bond donors (Lipinski definition) is 11. The molecule has 0 bridgehead atoms. The summed E-state index contributed by atoms with van der Waals surface area (Å²) in [6.45, 7) is 17.0. The van der Waals surface area contributed by atoms with Crippen LogP contribution in [-0.4, -0.2) is 144 Å². The monoisotopic (exact) mass is 923 g/mol. The quantitative estimate of drug-likeness (QED) is 0.0234. The SMILES string of the molecule is CCC[C@H](NC(=O)[C@@H](NC(=O)[C@H](NC(=O)[C@@H](NC(=O)CNC(C)=O)C(C)C)[C@@H](C)CC)[C@H](C)O)C(=O)N[C@H](C(=O)N[C@@H](CCCN=C(N)N)C(=O)N1CCC[C@H]1C(=O)NCC)[C@@H](C)CC. The molecule has 13 N–H and O–H groups in total. The Bertz CT molecular complexity index is 1660. The molecular formula is C43H78N12O10. The topological polar surface area (TPSA) is 338 Å². The van der Waals surface area contributed by atoms with E-state index in [0.29, 0.717) is 51.6 Å². The fourth-order valence-electron chi connectivity index (χ4n) is 7.15. The minimum absolute atomic E-state index is 0.102. The number of nitrogens with zero attached hydrogens (tertiary/aromatic N) is 2. The molecule has 1 aliphatic heterocycles. The van der Waals surface area contributed by atoms with Crippen molar-refractivity contribution in [2.24, 2.45) is 34.2 Å². The smallest absolute Gasteiger partial charge is 0.245 e. The highest BCUT2D eigenvalue weighted by molar-refractivity contribution is 5.98. The van der Waals surface area contributed by atoms with Gasteiger partial charge in [-0.3, -0.25) is 48.1 Å². The molecule has 1 saturated heterocycles. The lowest BCUT2D eigenvalue weighted by atomic mass is 9.95. The number of rotatable bonds is 28. The second-order valence-corrected chi connectivity index (χ2v) is 17.1. The van der Waals surface area contributed by atoms with E-state index in [9.17, 15) is 48.3 Å². The zero-order valence-corrected chi connectivity index (χ0v) is 40.0. The first-order chi connectivity index (χ1) is 30.5. The number of hydrogen-bond acceptors (Lipinski definition) is 11. The highest BCUT2D eigenvalue weighted by Gasteiger charge is 2.40. The molecule has 1 heterocycles. The fourth-order valence-corrected chi connectivity index (χ4v) is 7.15. The lowest BCUT2D eigenvalue weighted by molar-refractivity contribution is -0.142. The first kappa shape index (κ1) is 57.5. The normalized spacial score (nSPS) is 17.6. The number of likely N-dealkylation sites (N-methyl/N-ethyl adjacent to an activating group) is 1. The Morgan fingerprint density at radius 3 is 1.71 bits per heavy atom. The molecule has 10 atom stereocenters. The Morgan fingerprint density at radius 2 is 1.20 bits per heavy atom. The zero-order chi connectivity index (χ0) is 49.6. The van der Waals surface area contributed by atoms with Crippen molar-refractivity contribution < 1.29 is 48.3 Å². The van der Waals surface area contributed by atoms with Crippen LogP contribution in [-0.2, 0) is 43.2 Å². The largest absolute Gasteiger partial charge is 0.391 e. The second kappa shape index (κ2) is 29.1. The molecule has 0 saturated carbocycles. The van der Waals surface area contributed by atoms with Crippen LogP contribution >= 0.6 is 0 Å². The molecule has 22 nitrogen and oxygen atoms in total. The molecular weight excluding hydrogens is 845 g/mol. The number of amides is 9. The third-order valence-corrected chi connectivity index (χ3v) is 11.4. The average Bonchev–Trinajstić information content (AvgIpc) is 3.75. The molecule has 0 aromatic heterocycles. The van der Waals surface area contributed by atoms with E-state index in [1.807, 2.05) is 6.92 Å². The summed E-state index contributed by atoms with van der Waals surface area (Å²) in [4.78, 5) is 125. The maximum atomic E-state index is 14.1. The highest BCUT2D eigenvalue weighted by atomic mass is 16.3. The van der Waals surface area contributed by atoms with Gasteiger partial charge in [0.25, 0.3) is 0 Å². The van der Waals surface area contributed by atoms with Gasteiger partial charge in [-0.25, -0.2) is 0 Å². The van der Waals surface area contributed by atoms with Gasteiger partial charge in [0.05, 0.1) is 12.6 Å². The van der Waals surface area contributed by atoms with Crippen molar-refractivity contribution in [3.63, 3.8) is 0 Å². The van der Waals surface area contributed by atoms with Gasteiger partial charge in [-0.1, -0.05) is 67.7 Å². The van der Waals surface area contributed by atoms with Crippen molar-refractivity contribution in [1.82, 2.24) is 47.4 Å². The zero-order valence-electron chi connectivity index (χ0n) is 40.0. The summed E-state index contributed by atoms with van der Waals surface area (Å²) in [7, 11) is 0. The molecule has 0 radical (unpaired) electrons. The van der Waals surface area contributed by atoms with Gasteiger partial charge in [0.15, 0.2) is 5.96 Å². The molecule has 370 valence electrons. The van der Waals surface area contributed by atoms with Crippen LogP contribution < -0.4 is 54.0 Å². The summed E-state index contributed by atoms with van der Waals surface area (Å²) in [6.07, 6.45) is 1.36. The van der Waals surface area contributed by atoms with Gasteiger partial charge in [0, 0.05) is 26.6 Å². The molecule has 1 rings (SSSR count). The van der Waals surface area contributed by atoms with Crippen LogP contribution in [0.5, 0.6) is 0 Å². The summed E-state index contributed by atoms with van der Waals surface area (Å²) in [5, 5.41) is 31.8. The molecule has 0 unspecified atom stereocenters. The molecule has 0 spiro atoms. The standard InChI is InChI=1S/C43H78N12O10/c1-11-17-28(49-41(64)35(26(9)56)54-40(63)34(25(8)13-3)53-38(61)32(23(5)6)51-31(58)22-48-27(10)57)36(59)52-33(24(7)12-2)39(62)50-29(18-15-20-47-43(44)45)42(65)55-21-16-19-30(55)37(60)46-14-4/h23-26,28-30,32-35,56H,11-22H2,1-10H3,(H,46,60)(H,48,57)(H,49,64)(H,50,62)(H,51,58)(H,52,59)(H,53,61)(H,54,63)(H4,44,45,47)/t24-,25-,26-,28-,29-,30-,32-,33-,34+,35-/m0/s1. The van der Waals surface area contributed by atoms with E-state index >= 15 is 0 Å². The van der Waals surface area contributed by atoms with E-state index in [1.54, 1.807) is 48.5 Å². The Hall–Kier alpha value is -5.54. The van der Waals surface area contributed by atoms with Crippen molar-refractivity contribution in [3.05, 3.63) is 0 Å². The first-order valence-corrected chi connectivity index (χ1v) is 22.9. The Morgan fingerprint density at radius 1 is 0.677 bits per heavy atom. The average molecular weight is 923 g/mol. The number of aliphatic hydroxyl groups excluding tert-OH is 1. The summed E-state index contributed by atoms with van der Waals surface area (Å²) in [6, 6.07) is -8.10. The number of carbonyl (C=O) groups excluding carboxylic acids is 9. The maximum Gasteiger partial charge on any atom is 0.245 e. The third-order valence-electron chi connectivity index (χ3n) is 11.4. The van der Waals surface area contributed by atoms with Crippen LogP contribution in [0.15, 0.2) is 4.99 Å². The molecule has 1 fully saturated rings. The van der Waals surface area contributed by atoms with E-state index in [0.717, 1.165) is 0 Å². The second-order valence-electron chi connectivity index (χ2n) is 17.1. The van der Waals surface area contributed by atoms with Gasteiger partial charge in [-0.15, -0.1) is 0 Å². The van der Waals surface area contributed by atoms with Gasteiger partial charge >= 0.3 is 0 Å². The van der Waals surface area contributed by atoms with Gasteiger partial charge in [-0.05, 0) is 63.7 Å². The summed E-state index contributed by atoms with van der Waals surface area (Å²) in [5.74, 6) is -7.10. The number of aliphatic hydroxyl groups is 1. The van der Waals surface area contributed by atoms with E-state index in [4.69, 9.17) is 11.5 Å². The van der Waals surface area contributed by atoms with Crippen molar-refractivity contribution in [2.75, 3.05) is 26.2 Å². The van der Waals surface area contributed by atoms with Crippen LogP contribution in [0.3, 0.4) is 0 Å². The lowest BCUT2D eigenvalue weighted by Crippen LogP contribution is -2.63. The van der Waals surface area contributed by atoms with Crippen LogP contribution in [0.2, 0.25) is 0 Å². The minimum atomic E-state index is -1.59. The molecule has 0 aliphatic carbocycles. The summed E-state index contributed by atoms with van der Waals surface area (Å²) in [5.41, 5.74) is 11.0.